The molecule has 0 spiro atoms. The first-order valence-corrected chi connectivity index (χ1v) is 9.06. The zero-order chi connectivity index (χ0) is 17.8. The summed E-state index contributed by atoms with van der Waals surface area (Å²) in [6, 6.07) is 11.6. The number of nitrogens with one attached hydrogen (secondary N) is 1. The minimum Gasteiger partial charge on any atom is -0.381 e. The molecule has 0 bridgehead atoms. The van der Waals surface area contributed by atoms with Crippen LogP contribution in [-0.4, -0.2) is 49.0 Å². The summed E-state index contributed by atoms with van der Waals surface area (Å²) in [6.45, 7) is 3.06. The molecule has 7 nitrogen and oxygen atoms in total. The van der Waals surface area contributed by atoms with Gasteiger partial charge >= 0.3 is 6.03 Å². The molecule has 2 aliphatic rings. The number of aromatic nitrogens is 1. The van der Waals surface area contributed by atoms with E-state index in [1.54, 1.807) is 4.90 Å². The van der Waals surface area contributed by atoms with Crippen LogP contribution in [0.1, 0.15) is 36.2 Å². The highest BCUT2D eigenvalue weighted by Crippen LogP contribution is 2.28. The smallest absolute Gasteiger partial charge is 0.323 e. The summed E-state index contributed by atoms with van der Waals surface area (Å²) in [5.41, 5.74) is 1.08. The minimum atomic E-state index is -0.180. The van der Waals surface area contributed by atoms with Gasteiger partial charge < -0.3 is 18.9 Å². The topological polar surface area (TPSA) is 76.8 Å². The van der Waals surface area contributed by atoms with Crippen LogP contribution < -0.4 is 5.32 Å². The van der Waals surface area contributed by atoms with E-state index in [2.05, 4.69) is 10.5 Å². The number of nitrogens with zero attached hydrogens (tertiary/aromatic N) is 2. The lowest BCUT2D eigenvalue weighted by Crippen LogP contribution is -2.44. The molecule has 1 unspecified atom stereocenters. The van der Waals surface area contributed by atoms with E-state index in [0.717, 1.165) is 37.4 Å². The van der Waals surface area contributed by atoms with Crippen molar-refractivity contribution in [2.45, 2.75) is 24.9 Å². The maximum absolute atomic E-state index is 12.6. The van der Waals surface area contributed by atoms with Crippen molar-refractivity contribution < 1.29 is 18.8 Å². The Labute approximate surface area is 152 Å². The second kappa shape index (κ2) is 7.88. The van der Waals surface area contributed by atoms with Crippen molar-refractivity contribution in [3.8, 4) is 0 Å². The summed E-state index contributed by atoms with van der Waals surface area (Å²) in [4.78, 5) is 14.3. The molecule has 1 N–H and O–H groups in total. The van der Waals surface area contributed by atoms with Crippen molar-refractivity contribution >= 4 is 11.8 Å². The van der Waals surface area contributed by atoms with Gasteiger partial charge in [-0.05, 0) is 18.4 Å². The SMILES string of the molecule is O=C(Nc1cc(C2CCOCC2)on1)N1CCOC(c2ccccc2)C1. The number of anilines is 1. The summed E-state index contributed by atoms with van der Waals surface area (Å²) >= 11 is 0. The molecule has 4 rings (SSSR count). The van der Waals surface area contributed by atoms with Crippen LogP contribution in [0.4, 0.5) is 10.6 Å². The van der Waals surface area contributed by atoms with E-state index in [1.165, 1.54) is 0 Å². The van der Waals surface area contributed by atoms with Gasteiger partial charge in [-0.1, -0.05) is 35.5 Å². The second-order valence-electron chi connectivity index (χ2n) is 6.65. The molecule has 0 aliphatic carbocycles. The number of hydrogen-bond acceptors (Lipinski definition) is 5. The lowest BCUT2D eigenvalue weighted by molar-refractivity contribution is -0.0135. The fourth-order valence-corrected chi connectivity index (χ4v) is 3.41. The van der Waals surface area contributed by atoms with Gasteiger partial charge in [-0.25, -0.2) is 4.79 Å². The van der Waals surface area contributed by atoms with Gasteiger partial charge in [-0.15, -0.1) is 0 Å². The van der Waals surface area contributed by atoms with Crippen LogP contribution in [-0.2, 0) is 9.47 Å². The van der Waals surface area contributed by atoms with Gasteiger partial charge in [0.2, 0.25) is 0 Å². The number of benzene rings is 1. The first-order chi connectivity index (χ1) is 12.8. The number of carbonyl (C=O) groups excluding carboxylic acids is 1. The average molecular weight is 357 g/mol. The van der Waals surface area contributed by atoms with Crippen molar-refractivity contribution in [2.24, 2.45) is 0 Å². The van der Waals surface area contributed by atoms with Crippen molar-refractivity contribution in [3.63, 3.8) is 0 Å². The maximum atomic E-state index is 12.6. The molecule has 0 saturated carbocycles. The molecule has 2 aromatic rings. The van der Waals surface area contributed by atoms with Gasteiger partial charge in [0.25, 0.3) is 0 Å². The molecule has 2 aliphatic heterocycles. The lowest BCUT2D eigenvalue weighted by Gasteiger charge is -2.32. The molecule has 2 fully saturated rings. The fourth-order valence-electron chi connectivity index (χ4n) is 3.41. The molecular weight excluding hydrogens is 334 g/mol. The first-order valence-electron chi connectivity index (χ1n) is 9.06. The molecule has 1 atom stereocenters. The Morgan fingerprint density at radius 2 is 1.96 bits per heavy atom. The standard InChI is InChI=1S/C19H23N3O4/c23-19(20-18-12-16(26-21-18)15-6-9-24-10-7-15)22-8-11-25-17(13-22)14-4-2-1-3-5-14/h1-5,12,15,17H,6-11,13H2,(H,20,21,23). The van der Waals surface area contributed by atoms with Crippen LogP contribution in [0, 0.1) is 0 Å². The van der Waals surface area contributed by atoms with Crippen LogP contribution >= 0.6 is 0 Å². The van der Waals surface area contributed by atoms with E-state index >= 15 is 0 Å². The summed E-state index contributed by atoms with van der Waals surface area (Å²) in [6.07, 6.45) is 1.74. The number of carbonyl (C=O) groups is 1. The number of rotatable bonds is 3. The van der Waals surface area contributed by atoms with Crippen LogP contribution in [0.3, 0.4) is 0 Å². The summed E-state index contributed by atoms with van der Waals surface area (Å²) in [5, 5.41) is 6.84. The number of ether oxygens (including phenoxy) is 2. The Bertz CT molecular complexity index is 727. The van der Waals surface area contributed by atoms with Crippen molar-refractivity contribution in [1.29, 1.82) is 0 Å². The Balaban J connectivity index is 1.36. The molecule has 26 heavy (non-hydrogen) atoms. The Hall–Kier alpha value is -2.38. The molecule has 1 aromatic heterocycles. The largest absolute Gasteiger partial charge is 0.381 e. The zero-order valence-corrected chi connectivity index (χ0v) is 14.6. The number of morpholine rings is 1. The monoisotopic (exact) mass is 357 g/mol. The molecule has 3 heterocycles. The normalized spacial score (nSPS) is 21.5. The van der Waals surface area contributed by atoms with Gasteiger partial charge in [-0.2, -0.15) is 0 Å². The Morgan fingerprint density at radius 3 is 2.77 bits per heavy atom. The number of hydrogen-bond donors (Lipinski definition) is 1. The quantitative estimate of drug-likeness (QED) is 0.913. The third-order valence-electron chi connectivity index (χ3n) is 4.91. The van der Waals surface area contributed by atoms with Gasteiger partial charge in [0.05, 0.1) is 13.2 Å². The Morgan fingerprint density at radius 1 is 1.15 bits per heavy atom. The number of urea groups is 1. The van der Waals surface area contributed by atoms with Crippen LogP contribution in [0.25, 0.3) is 0 Å². The van der Waals surface area contributed by atoms with Gasteiger partial charge in [0, 0.05) is 31.7 Å². The van der Waals surface area contributed by atoms with Crippen LogP contribution in [0.5, 0.6) is 0 Å². The van der Waals surface area contributed by atoms with E-state index in [1.807, 2.05) is 36.4 Å². The predicted octanol–water partition coefficient (Wildman–Crippen LogP) is 3.17. The van der Waals surface area contributed by atoms with Crippen LogP contribution in [0.2, 0.25) is 0 Å². The molecule has 138 valence electrons. The highest BCUT2D eigenvalue weighted by molar-refractivity contribution is 5.88. The summed E-state index contributed by atoms with van der Waals surface area (Å²) < 4.78 is 16.6. The van der Waals surface area contributed by atoms with E-state index in [9.17, 15) is 4.79 Å². The highest BCUT2D eigenvalue weighted by atomic mass is 16.5. The highest BCUT2D eigenvalue weighted by Gasteiger charge is 2.26. The van der Waals surface area contributed by atoms with E-state index in [0.29, 0.717) is 31.4 Å². The average Bonchev–Trinajstić information content (AvgIpc) is 3.18. The number of amides is 2. The fraction of sp³-hybridized carbons (Fsp3) is 0.474. The second-order valence-corrected chi connectivity index (χ2v) is 6.65. The van der Waals surface area contributed by atoms with Crippen LogP contribution in [0.15, 0.2) is 40.9 Å². The van der Waals surface area contributed by atoms with Gasteiger partial charge in [0.15, 0.2) is 5.82 Å². The molecule has 0 radical (unpaired) electrons. The van der Waals surface area contributed by atoms with E-state index in [-0.39, 0.29) is 12.1 Å². The summed E-state index contributed by atoms with van der Waals surface area (Å²) in [7, 11) is 0. The molecule has 7 heteroatoms. The third-order valence-corrected chi connectivity index (χ3v) is 4.91. The predicted molar refractivity (Wildman–Crippen MR) is 95.0 cm³/mol. The van der Waals surface area contributed by atoms with Gasteiger partial charge in [0.1, 0.15) is 11.9 Å². The minimum absolute atomic E-state index is 0.106. The molecule has 2 saturated heterocycles. The molecular formula is C19H23N3O4. The lowest BCUT2D eigenvalue weighted by atomic mass is 9.98. The van der Waals surface area contributed by atoms with Crippen molar-refractivity contribution in [2.75, 3.05) is 38.2 Å². The van der Waals surface area contributed by atoms with E-state index in [4.69, 9.17) is 14.0 Å². The third kappa shape index (κ3) is 3.89. The van der Waals surface area contributed by atoms with E-state index < -0.39 is 0 Å². The summed E-state index contributed by atoms with van der Waals surface area (Å²) in [5.74, 6) is 1.58. The zero-order valence-electron chi connectivity index (χ0n) is 14.6. The first kappa shape index (κ1) is 17.1. The Kier molecular flexibility index (Phi) is 5.17. The molecule has 2 amide bonds. The molecule has 1 aromatic carbocycles. The van der Waals surface area contributed by atoms with Gasteiger partial charge in [-0.3, -0.25) is 5.32 Å². The van der Waals surface area contributed by atoms with Crippen molar-refractivity contribution in [1.82, 2.24) is 10.1 Å². The van der Waals surface area contributed by atoms with Crippen molar-refractivity contribution in [3.05, 3.63) is 47.7 Å². The maximum Gasteiger partial charge on any atom is 0.323 e.